The van der Waals surface area contributed by atoms with Crippen LogP contribution < -0.4 is 10.6 Å². The first kappa shape index (κ1) is 16.6. The molecular formula is C18H25N5O. The number of nitrogens with one attached hydrogen (secondary N) is 2. The molecule has 0 radical (unpaired) electrons. The molecule has 1 unspecified atom stereocenters. The summed E-state index contributed by atoms with van der Waals surface area (Å²) in [6.45, 7) is 4.80. The van der Waals surface area contributed by atoms with Crippen molar-refractivity contribution in [3.05, 3.63) is 42.4 Å². The average molecular weight is 327 g/mol. The van der Waals surface area contributed by atoms with Crippen molar-refractivity contribution >= 4 is 5.91 Å². The topological polar surface area (TPSA) is 71.8 Å². The Hall–Kier alpha value is -2.21. The fourth-order valence-corrected chi connectivity index (χ4v) is 3.31. The van der Waals surface area contributed by atoms with Crippen LogP contribution in [-0.4, -0.2) is 33.8 Å². The summed E-state index contributed by atoms with van der Waals surface area (Å²) < 4.78 is 1.72. The Kier molecular flexibility index (Phi) is 5.59. The standard InChI is InChI=1S/C18H25N5O/c1-14(15-5-9-19-10-6-15)12-17(24)21-13-16-4-2-7-20-18(16)23-11-3-8-22-23/h2-4,7-8,11,14-15,19H,5-6,9-10,12-13H2,1H3,(H,21,24). The molecule has 1 saturated heterocycles. The number of piperidine rings is 1. The van der Waals surface area contributed by atoms with Crippen LogP contribution in [0.3, 0.4) is 0 Å². The summed E-state index contributed by atoms with van der Waals surface area (Å²) in [7, 11) is 0. The molecule has 0 bridgehead atoms. The number of aromatic nitrogens is 3. The fourth-order valence-electron chi connectivity index (χ4n) is 3.31. The molecule has 1 aliphatic heterocycles. The molecule has 3 heterocycles. The summed E-state index contributed by atoms with van der Waals surface area (Å²) in [4.78, 5) is 16.7. The highest BCUT2D eigenvalue weighted by molar-refractivity contribution is 5.76. The summed E-state index contributed by atoms with van der Waals surface area (Å²) in [5.74, 6) is 1.94. The van der Waals surface area contributed by atoms with Crippen LogP contribution in [0.15, 0.2) is 36.8 Å². The van der Waals surface area contributed by atoms with Crippen LogP contribution in [0.4, 0.5) is 0 Å². The van der Waals surface area contributed by atoms with Gasteiger partial charge in [-0.1, -0.05) is 13.0 Å². The normalized spacial score (nSPS) is 16.7. The zero-order valence-corrected chi connectivity index (χ0v) is 14.1. The maximum Gasteiger partial charge on any atom is 0.220 e. The van der Waals surface area contributed by atoms with E-state index in [1.807, 2.05) is 24.4 Å². The Morgan fingerprint density at radius 1 is 1.38 bits per heavy atom. The highest BCUT2D eigenvalue weighted by Gasteiger charge is 2.22. The van der Waals surface area contributed by atoms with Crippen LogP contribution >= 0.6 is 0 Å². The number of carbonyl (C=O) groups is 1. The number of pyridine rings is 1. The second kappa shape index (κ2) is 8.06. The van der Waals surface area contributed by atoms with Crippen molar-refractivity contribution in [1.82, 2.24) is 25.4 Å². The minimum atomic E-state index is 0.108. The van der Waals surface area contributed by atoms with Gasteiger partial charge in [-0.3, -0.25) is 4.79 Å². The Bertz CT molecular complexity index is 649. The van der Waals surface area contributed by atoms with Crippen molar-refractivity contribution in [3.63, 3.8) is 0 Å². The zero-order valence-electron chi connectivity index (χ0n) is 14.1. The van der Waals surface area contributed by atoms with E-state index in [0.717, 1.165) is 24.5 Å². The third-order valence-electron chi connectivity index (χ3n) is 4.76. The third kappa shape index (κ3) is 4.20. The van der Waals surface area contributed by atoms with Crippen LogP contribution in [-0.2, 0) is 11.3 Å². The molecule has 24 heavy (non-hydrogen) atoms. The predicted octanol–water partition coefficient (Wildman–Crippen LogP) is 1.91. The van der Waals surface area contributed by atoms with Crippen molar-refractivity contribution < 1.29 is 4.79 Å². The smallest absolute Gasteiger partial charge is 0.220 e. The lowest BCUT2D eigenvalue weighted by molar-refractivity contribution is -0.122. The van der Waals surface area contributed by atoms with Gasteiger partial charge in [0, 0.05) is 37.1 Å². The van der Waals surface area contributed by atoms with E-state index in [1.54, 1.807) is 17.1 Å². The molecule has 0 aromatic carbocycles. The van der Waals surface area contributed by atoms with Gasteiger partial charge in [-0.25, -0.2) is 9.67 Å². The van der Waals surface area contributed by atoms with Crippen molar-refractivity contribution in [3.8, 4) is 5.82 Å². The number of rotatable bonds is 6. The first-order valence-corrected chi connectivity index (χ1v) is 8.65. The molecule has 1 atom stereocenters. The van der Waals surface area contributed by atoms with Crippen molar-refractivity contribution in [2.24, 2.45) is 11.8 Å². The Balaban J connectivity index is 1.55. The Morgan fingerprint density at radius 3 is 2.96 bits per heavy atom. The van der Waals surface area contributed by atoms with Crippen LogP contribution in [0, 0.1) is 11.8 Å². The number of hydrogen-bond acceptors (Lipinski definition) is 4. The molecule has 2 aromatic rings. The van der Waals surface area contributed by atoms with Gasteiger partial charge in [0.25, 0.3) is 0 Å². The highest BCUT2D eigenvalue weighted by Crippen LogP contribution is 2.24. The van der Waals surface area contributed by atoms with E-state index in [2.05, 4.69) is 27.6 Å². The van der Waals surface area contributed by atoms with E-state index < -0.39 is 0 Å². The lowest BCUT2D eigenvalue weighted by Gasteiger charge is -2.27. The van der Waals surface area contributed by atoms with Gasteiger partial charge < -0.3 is 10.6 Å². The second-order valence-corrected chi connectivity index (χ2v) is 6.48. The molecule has 6 heteroatoms. The van der Waals surface area contributed by atoms with Gasteiger partial charge in [0.1, 0.15) is 0 Å². The van der Waals surface area contributed by atoms with Crippen LogP contribution in [0.2, 0.25) is 0 Å². The first-order valence-electron chi connectivity index (χ1n) is 8.65. The number of hydrogen-bond donors (Lipinski definition) is 2. The molecule has 0 saturated carbocycles. The Labute approximate surface area is 142 Å². The molecule has 128 valence electrons. The molecule has 3 rings (SSSR count). The predicted molar refractivity (Wildman–Crippen MR) is 92.6 cm³/mol. The third-order valence-corrected chi connectivity index (χ3v) is 4.76. The largest absolute Gasteiger partial charge is 0.352 e. The highest BCUT2D eigenvalue weighted by atomic mass is 16.1. The number of carbonyl (C=O) groups excluding carboxylic acids is 1. The summed E-state index contributed by atoms with van der Waals surface area (Å²) >= 11 is 0. The summed E-state index contributed by atoms with van der Waals surface area (Å²) in [6, 6.07) is 5.71. The summed E-state index contributed by atoms with van der Waals surface area (Å²) in [5.41, 5.74) is 0.962. The second-order valence-electron chi connectivity index (χ2n) is 6.48. The quantitative estimate of drug-likeness (QED) is 0.850. The number of nitrogens with zero attached hydrogens (tertiary/aromatic N) is 3. The fraction of sp³-hybridized carbons (Fsp3) is 0.500. The maximum atomic E-state index is 12.3. The van der Waals surface area contributed by atoms with Gasteiger partial charge in [-0.05, 0) is 49.9 Å². The molecular weight excluding hydrogens is 302 g/mol. The van der Waals surface area contributed by atoms with Gasteiger partial charge in [0.05, 0.1) is 0 Å². The van der Waals surface area contributed by atoms with Gasteiger partial charge in [-0.15, -0.1) is 0 Å². The van der Waals surface area contributed by atoms with E-state index in [1.165, 1.54) is 12.8 Å². The van der Waals surface area contributed by atoms with Gasteiger partial charge in [0.2, 0.25) is 5.91 Å². The monoisotopic (exact) mass is 327 g/mol. The maximum absolute atomic E-state index is 12.3. The van der Waals surface area contributed by atoms with Gasteiger partial charge >= 0.3 is 0 Å². The first-order chi connectivity index (χ1) is 11.7. The van der Waals surface area contributed by atoms with Crippen molar-refractivity contribution in [1.29, 1.82) is 0 Å². The zero-order chi connectivity index (χ0) is 16.8. The van der Waals surface area contributed by atoms with E-state index in [0.29, 0.717) is 24.8 Å². The Morgan fingerprint density at radius 2 is 2.21 bits per heavy atom. The van der Waals surface area contributed by atoms with Gasteiger partial charge in [0.15, 0.2) is 5.82 Å². The molecule has 1 amide bonds. The van der Waals surface area contributed by atoms with Crippen LogP contribution in [0.5, 0.6) is 0 Å². The SMILES string of the molecule is CC(CC(=O)NCc1cccnc1-n1cccn1)C1CCNCC1. The molecule has 1 fully saturated rings. The van der Waals surface area contributed by atoms with E-state index in [4.69, 9.17) is 0 Å². The minimum absolute atomic E-state index is 0.108. The molecule has 0 aliphatic carbocycles. The van der Waals surface area contributed by atoms with Crippen LogP contribution in [0.1, 0.15) is 31.7 Å². The molecule has 2 aromatic heterocycles. The number of amides is 1. The summed E-state index contributed by atoms with van der Waals surface area (Å²) in [5, 5.41) is 10.6. The van der Waals surface area contributed by atoms with E-state index in [9.17, 15) is 4.79 Å². The molecule has 6 nitrogen and oxygen atoms in total. The molecule has 0 spiro atoms. The lowest BCUT2D eigenvalue weighted by Crippen LogP contribution is -2.33. The molecule has 1 aliphatic rings. The van der Waals surface area contributed by atoms with E-state index in [-0.39, 0.29) is 5.91 Å². The van der Waals surface area contributed by atoms with Crippen LogP contribution in [0.25, 0.3) is 5.82 Å². The average Bonchev–Trinajstić information content (AvgIpc) is 3.15. The molecule has 2 N–H and O–H groups in total. The lowest BCUT2D eigenvalue weighted by atomic mass is 9.84. The van der Waals surface area contributed by atoms with Crippen molar-refractivity contribution in [2.45, 2.75) is 32.7 Å². The van der Waals surface area contributed by atoms with Crippen molar-refractivity contribution in [2.75, 3.05) is 13.1 Å². The van der Waals surface area contributed by atoms with Gasteiger partial charge in [-0.2, -0.15) is 5.10 Å². The summed E-state index contributed by atoms with van der Waals surface area (Å²) in [6.07, 6.45) is 8.23. The minimum Gasteiger partial charge on any atom is -0.352 e. The van der Waals surface area contributed by atoms with E-state index >= 15 is 0 Å².